The topological polar surface area (TPSA) is 107 Å². The van der Waals surface area contributed by atoms with Crippen molar-refractivity contribution in [3.63, 3.8) is 0 Å². The molecule has 1 saturated heterocycles. The minimum atomic E-state index is -4.50. The van der Waals surface area contributed by atoms with Gasteiger partial charge in [-0.15, -0.1) is 0 Å². The van der Waals surface area contributed by atoms with Crippen LogP contribution in [0.1, 0.15) is 50.4 Å². The number of nitrogens with zero attached hydrogens (tertiary/aromatic N) is 6. The second-order valence-corrected chi connectivity index (χ2v) is 11.4. The molecule has 216 valence electrons. The van der Waals surface area contributed by atoms with Crippen molar-refractivity contribution in [3.05, 3.63) is 23.5 Å². The van der Waals surface area contributed by atoms with Crippen molar-refractivity contribution < 1.29 is 27.8 Å². The second-order valence-electron chi connectivity index (χ2n) is 11.4. The van der Waals surface area contributed by atoms with Gasteiger partial charge in [0.1, 0.15) is 16.9 Å². The molecule has 2 aromatic heterocycles. The van der Waals surface area contributed by atoms with Crippen molar-refractivity contribution in [2.45, 2.75) is 63.2 Å². The van der Waals surface area contributed by atoms with Crippen molar-refractivity contribution in [1.82, 2.24) is 15.0 Å². The molecule has 0 spiro atoms. The molecule has 2 aromatic rings. The van der Waals surface area contributed by atoms with Gasteiger partial charge in [-0.05, 0) is 63.5 Å². The SMILES string of the molecule is CN1c2nc(NC3CC(COc4ccc(C(F)(F)F)nc4N4CCCC4)C3)nc3c2N(CCC3)C(=O)[C@]1(C)CO. The average molecular weight is 562 g/mol. The maximum atomic E-state index is 13.3. The summed E-state index contributed by atoms with van der Waals surface area (Å²) in [4.78, 5) is 31.8. The number of rotatable bonds is 7. The van der Waals surface area contributed by atoms with Crippen LogP contribution in [0.3, 0.4) is 0 Å². The molecular formula is C27H34F3N7O3. The van der Waals surface area contributed by atoms with E-state index in [9.17, 15) is 23.1 Å². The van der Waals surface area contributed by atoms with Crippen molar-refractivity contribution in [3.8, 4) is 5.75 Å². The monoisotopic (exact) mass is 561 g/mol. The van der Waals surface area contributed by atoms with Gasteiger partial charge >= 0.3 is 6.18 Å². The highest BCUT2D eigenvalue weighted by Crippen LogP contribution is 2.43. The van der Waals surface area contributed by atoms with Crippen LogP contribution in [-0.4, -0.2) is 77.4 Å². The first-order valence-electron chi connectivity index (χ1n) is 13.9. The van der Waals surface area contributed by atoms with Crippen LogP contribution in [0.2, 0.25) is 0 Å². The molecule has 0 aromatic carbocycles. The van der Waals surface area contributed by atoms with E-state index in [1.165, 1.54) is 6.07 Å². The summed E-state index contributed by atoms with van der Waals surface area (Å²) < 4.78 is 45.8. The van der Waals surface area contributed by atoms with Gasteiger partial charge in [0, 0.05) is 32.7 Å². The van der Waals surface area contributed by atoms with Gasteiger partial charge in [0.15, 0.2) is 17.4 Å². The van der Waals surface area contributed by atoms with Crippen molar-refractivity contribution in [1.29, 1.82) is 0 Å². The van der Waals surface area contributed by atoms with Gasteiger partial charge in [0.25, 0.3) is 5.91 Å². The minimum Gasteiger partial charge on any atom is -0.489 e. The first-order chi connectivity index (χ1) is 19.1. The van der Waals surface area contributed by atoms with Crippen LogP contribution < -0.4 is 24.8 Å². The second kappa shape index (κ2) is 9.93. The lowest BCUT2D eigenvalue weighted by atomic mass is 9.81. The fourth-order valence-corrected chi connectivity index (χ4v) is 6.04. The molecule has 13 heteroatoms. The van der Waals surface area contributed by atoms with E-state index in [1.807, 2.05) is 4.90 Å². The number of likely N-dealkylation sites (N-methyl/N-ethyl adjacent to an activating group) is 1. The number of hydrogen-bond acceptors (Lipinski definition) is 9. The number of carbonyl (C=O) groups is 1. The largest absolute Gasteiger partial charge is 0.489 e. The molecule has 10 nitrogen and oxygen atoms in total. The zero-order chi connectivity index (χ0) is 28.2. The molecule has 2 fully saturated rings. The quantitative estimate of drug-likeness (QED) is 0.527. The Morgan fingerprint density at radius 3 is 2.55 bits per heavy atom. The number of aliphatic hydroxyl groups excluding tert-OH is 1. The van der Waals surface area contributed by atoms with Crippen molar-refractivity contribution in [2.75, 3.05) is 59.9 Å². The maximum absolute atomic E-state index is 13.3. The van der Waals surface area contributed by atoms with Gasteiger partial charge in [0.2, 0.25) is 5.95 Å². The molecule has 0 radical (unpaired) electrons. The molecule has 0 unspecified atom stereocenters. The molecule has 0 bridgehead atoms. The molecule has 6 rings (SSSR count). The van der Waals surface area contributed by atoms with Crippen LogP contribution in [0.5, 0.6) is 5.75 Å². The third kappa shape index (κ3) is 4.57. The van der Waals surface area contributed by atoms with Crippen LogP contribution in [-0.2, 0) is 17.4 Å². The lowest BCUT2D eigenvalue weighted by Gasteiger charge is -2.48. The summed E-state index contributed by atoms with van der Waals surface area (Å²) in [6.07, 6.45) is 0.480. The number of hydrogen-bond donors (Lipinski definition) is 2. The molecule has 1 aliphatic carbocycles. The number of aliphatic hydroxyl groups is 1. The third-order valence-corrected chi connectivity index (χ3v) is 8.65. The first kappa shape index (κ1) is 26.9. The highest BCUT2D eigenvalue weighted by atomic mass is 19.4. The zero-order valence-electron chi connectivity index (χ0n) is 22.7. The number of anilines is 4. The van der Waals surface area contributed by atoms with Gasteiger partial charge in [0.05, 0.1) is 18.9 Å². The standard InChI is InChI=1S/C27H34F3N7O3/c1-26(15-38)24(39)37-11-5-6-18-21(37)23(35(26)2)34-25(32-18)31-17-12-16(13-17)14-40-19-7-8-20(27(28,29)30)33-22(19)36-9-3-4-10-36/h7-8,16-17,38H,3-6,9-15H2,1-2H3,(H,31,32,34)/t16?,17?,26-/m0/s1. The summed E-state index contributed by atoms with van der Waals surface area (Å²) in [5, 5.41) is 13.5. The highest BCUT2D eigenvalue weighted by molar-refractivity contribution is 6.08. The van der Waals surface area contributed by atoms with Gasteiger partial charge in [-0.1, -0.05) is 0 Å². The Hall–Kier alpha value is -3.35. The minimum absolute atomic E-state index is 0.127. The number of pyridine rings is 1. The Kier molecular flexibility index (Phi) is 6.67. The maximum Gasteiger partial charge on any atom is 0.433 e. The summed E-state index contributed by atoms with van der Waals surface area (Å²) >= 11 is 0. The predicted octanol–water partition coefficient (Wildman–Crippen LogP) is 3.24. The summed E-state index contributed by atoms with van der Waals surface area (Å²) in [6.45, 7) is 3.70. The van der Waals surface area contributed by atoms with E-state index in [-0.39, 0.29) is 30.3 Å². The third-order valence-electron chi connectivity index (χ3n) is 8.65. The number of carbonyl (C=O) groups excluding carboxylic acids is 1. The number of aromatic nitrogens is 3. The Morgan fingerprint density at radius 2 is 1.85 bits per heavy atom. The van der Waals surface area contributed by atoms with E-state index in [1.54, 1.807) is 23.8 Å². The van der Waals surface area contributed by atoms with Crippen LogP contribution in [0.4, 0.5) is 36.4 Å². The fourth-order valence-electron chi connectivity index (χ4n) is 6.04. The number of nitrogens with one attached hydrogen (secondary N) is 1. The van der Waals surface area contributed by atoms with E-state index >= 15 is 0 Å². The number of ether oxygens (including phenoxy) is 1. The molecule has 2 N–H and O–H groups in total. The van der Waals surface area contributed by atoms with Crippen molar-refractivity contribution in [2.24, 2.45) is 5.92 Å². The number of alkyl halides is 3. The highest BCUT2D eigenvalue weighted by Gasteiger charge is 2.49. The van der Waals surface area contributed by atoms with Crippen LogP contribution in [0.25, 0.3) is 0 Å². The summed E-state index contributed by atoms with van der Waals surface area (Å²) in [6, 6.07) is 2.49. The summed E-state index contributed by atoms with van der Waals surface area (Å²) in [7, 11) is 1.77. The van der Waals surface area contributed by atoms with E-state index in [0.29, 0.717) is 43.8 Å². The lowest BCUT2D eigenvalue weighted by Crippen LogP contribution is -2.64. The fraction of sp³-hybridized carbons (Fsp3) is 0.630. The predicted molar refractivity (Wildman–Crippen MR) is 143 cm³/mol. The van der Waals surface area contributed by atoms with E-state index in [0.717, 1.165) is 56.0 Å². The molecule has 4 aliphatic rings. The smallest absolute Gasteiger partial charge is 0.433 e. The lowest BCUT2D eigenvalue weighted by molar-refractivity contribution is -0.141. The number of aryl methyl sites for hydroxylation is 1. The summed E-state index contributed by atoms with van der Waals surface area (Å²) in [5.74, 6) is 1.86. The Labute approximate surface area is 230 Å². The average Bonchev–Trinajstić information content (AvgIpc) is 3.46. The molecular weight excluding hydrogens is 527 g/mol. The molecule has 3 aliphatic heterocycles. The van der Waals surface area contributed by atoms with Crippen LogP contribution >= 0.6 is 0 Å². The van der Waals surface area contributed by atoms with Gasteiger partial charge in [-0.3, -0.25) is 4.79 Å². The van der Waals surface area contributed by atoms with Gasteiger partial charge in [-0.2, -0.15) is 18.2 Å². The molecule has 5 heterocycles. The van der Waals surface area contributed by atoms with Crippen LogP contribution in [0, 0.1) is 5.92 Å². The molecule has 40 heavy (non-hydrogen) atoms. The van der Waals surface area contributed by atoms with Crippen molar-refractivity contribution >= 4 is 29.2 Å². The molecule has 1 atom stereocenters. The Morgan fingerprint density at radius 1 is 1.10 bits per heavy atom. The Bertz CT molecular complexity index is 1300. The van der Waals surface area contributed by atoms with Crippen LogP contribution in [0.15, 0.2) is 12.1 Å². The summed E-state index contributed by atoms with van der Waals surface area (Å²) in [5.41, 5.74) is -0.444. The van der Waals surface area contributed by atoms with E-state index in [2.05, 4.69) is 10.3 Å². The van der Waals surface area contributed by atoms with E-state index in [4.69, 9.17) is 14.7 Å². The zero-order valence-corrected chi connectivity index (χ0v) is 22.7. The molecule has 1 saturated carbocycles. The first-order valence-corrected chi connectivity index (χ1v) is 13.9. The number of amides is 1. The van der Waals surface area contributed by atoms with E-state index < -0.39 is 17.4 Å². The van der Waals surface area contributed by atoms with Gasteiger partial charge in [-0.25, -0.2) is 9.97 Å². The number of halogens is 3. The molecule has 1 amide bonds. The Balaban J connectivity index is 1.11. The normalized spacial score (nSPS) is 26.1. The van der Waals surface area contributed by atoms with Gasteiger partial charge < -0.3 is 29.9 Å².